The molecule has 1 aliphatic rings. The molecular weight excluding hydrogens is 292 g/mol. The summed E-state index contributed by atoms with van der Waals surface area (Å²) in [4.78, 5) is 14.2. The molecule has 2 rings (SSSR count). The minimum Gasteiger partial charge on any atom is -0.483 e. The van der Waals surface area contributed by atoms with Crippen molar-refractivity contribution in [2.24, 2.45) is 5.73 Å². The predicted octanol–water partition coefficient (Wildman–Crippen LogP) is 1.98. The number of carbonyl (C=O) groups excluding carboxylic acids is 1. The van der Waals surface area contributed by atoms with E-state index in [9.17, 15) is 4.79 Å². The Bertz CT molecular complexity index is 485. The van der Waals surface area contributed by atoms with Crippen molar-refractivity contribution >= 4 is 5.91 Å². The standard InChI is InChI=1S/C18H28N2O3/c1-2-15-6-3-4-7-17(15)23-14-18(21)20-11-8-16(9-12-20)22-13-5-10-19/h3-4,6-7,16H,2,5,8-14,19H2,1H3. The van der Waals surface area contributed by atoms with Crippen LogP contribution in [-0.4, -0.2) is 49.8 Å². The van der Waals surface area contributed by atoms with Gasteiger partial charge in [-0.3, -0.25) is 4.79 Å². The zero-order valence-corrected chi connectivity index (χ0v) is 14.0. The summed E-state index contributed by atoms with van der Waals surface area (Å²) in [6.45, 7) is 5.05. The van der Waals surface area contributed by atoms with Crippen molar-refractivity contribution in [3.05, 3.63) is 29.8 Å². The van der Waals surface area contributed by atoms with Crippen LogP contribution in [0.1, 0.15) is 31.7 Å². The zero-order chi connectivity index (χ0) is 16.5. The van der Waals surface area contributed by atoms with Gasteiger partial charge in [-0.1, -0.05) is 25.1 Å². The van der Waals surface area contributed by atoms with Crippen LogP contribution in [0.25, 0.3) is 0 Å². The fourth-order valence-corrected chi connectivity index (χ4v) is 2.77. The van der Waals surface area contributed by atoms with Gasteiger partial charge in [-0.15, -0.1) is 0 Å². The number of carbonyl (C=O) groups is 1. The fraction of sp³-hybridized carbons (Fsp3) is 0.611. The average Bonchev–Trinajstić information content (AvgIpc) is 2.60. The fourth-order valence-electron chi connectivity index (χ4n) is 2.77. The Morgan fingerprint density at radius 3 is 2.74 bits per heavy atom. The summed E-state index contributed by atoms with van der Waals surface area (Å²) in [5, 5.41) is 0. The van der Waals surface area contributed by atoms with E-state index < -0.39 is 0 Å². The van der Waals surface area contributed by atoms with Crippen LogP contribution in [-0.2, 0) is 16.0 Å². The Labute approximate surface area is 138 Å². The lowest BCUT2D eigenvalue weighted by Crippen LogP contribution is -2.43. The van der Waals surface area contributed by atoms with Crippen LogP contribution in [0.4, 0.5) is 0 Å². The average molecular weight is 320 g/mol. The molecule has 1 aromatic rings. The maximum atomic E-state index is 12.3. The van der Waals surface area contributed by atoms with E-state index in [-0.39, 0.29) is 18.6 Å². The smallest absolute Gasteiger partial charge is 0.260 e. The molecule has 5 nitrogen and oxygen atoms in total. The number of hydrogen-bond acceptors (Lipinski definition) is 4. The van der Waals surface area contributed by atoms with Gasteiger partial charge in [-0.05, 0) is 43.9 Å². The van der Waals surface area contributed by atoms with E-state index in [0.717, 1.165) is 50.1 Å². The molecule has 0 saturated carbocycles. The molecule has 1 fully saturated rings. The number of para-hydroxylation sites is 1. The first-order valence-corrected chi connectivity index (χ1v) is 8.54. The van der Waals surface area contributed by atoms with Gasteiger partial charge in [0.15, 0.2) is 6.61 Å². The quantitative estimate of drug-likeness (QED) is 0.744. The number of hydrogen-bond donors (Lipinski definition) is 1. The molecule has 0 aliphatic carbocycles. The van der Waals surface area contributed by atoms with Crippen LogP contribution < -0.4 is 10.5 Å². The minimum atomic E-state index is 0.0521. The van der Waals surface area contributed by atoms with Gasteiger partial charge in [0.1, 0.15) is 5.75 Å². The summed E-state index contributed by atoms with van der Waals surface area (Å²) in [7, 11) is 0. The van der Waals surface area contributed by atoms with Crippen molar-refractivity contribution in [3.63, 3.8) is 0 Å². The first-order chi connectivity index (χ1) is 11.2. The lowest BCUT2D eigenvalue weighted by Gasteiger charge is -2.32. The van der Waals surface area contributed by atoms with Crippen LogP contribution in [0.5, 0.6) is 5.75 Å². The van der Waals surface area contributed by atoms with Crippen molar-refractivity contribution in [2.75, 3.05) is 32.8 Å². The second-order valence-corrected chi connectivity index (χ2v) is 5.84. The highest BCUT2D eigenvalue weighted by molar-refractivity contribution is 5.77. The van der Waals surface area contributed by atoms with Crippen LogP contribution >= 0.6 is 0 Å². The number of piperidine rings is 1. The van der Waals surface area contributed by atoms with E-state index in [1.807, 2.05) is 29.2 Å². The zero-order valence-electron chi connectivity index (χ0n) is 14.0. The highest BCUT2D eigenvalue weighted by Gasteiger charge is 2.23. The lowest BCUT2D eigenvalue weighted by atomic mass is 10.1. The Balaban J connectivity index is 1.73. The molecule has 0 aromatic heterocycles. The van der Waals surface area contributed by atoms with Gasteiger partial charge in [0.2, 0.25) is 0 Å². The first kappa shape index (κ1) is 17.8. The van der Waals surface area contributed by atoms with Crippen molar-refractivity contribution in [3.8, 4) is 5.75 Å². The van der Waals surface area contributed by atoms with E-state index in [1.165, 1.54) is 0 Å². The number of benzene rings is 1. The molecule has 23 heavy (non-hydrogen) atoms. The summed E-state index contributed by atoms with van der Waals surface area (Å²) in [6.07, 6.45) is 3.83. The highest BCUT2D eigenvalue weighted by Crippen LogP contribution is 2.19. The molecule has 0 bridgehead atoms. The maximum Gasteiger partial charge on any atom is 0.260 e. The third-order valence-corrected chi connectivity index (χ3v) is 4.20. The maximum absolute atomic E-state index is 12.3. The predicted molar refractivity (Wildman–Crippen MR) is 90.5 cm³/mol. The molecular formula is C18H28N2O3. The normalized spacial score (nSPS) is 15.7. The van der Waals surface area contributed by atoms with Gasteiger partial charge in [-0.25, -0.2) is 0 Å². The molecule has 1 saturated heterocycles. The lowest BCUT2D eigenvalue weighted by molar-refractivity contribution is -0.136. The SMILES string of the molecule is CCc1ccccc1OCC(=O)N1CCC(OCCCN)CC1. The van der Waals surface area contributed by atoms with Gasteiger partial charge in [0, 0.05) is 19.7 Å². The third-order valence-electron chi connectivity index (χ3n) is 4.20. The van der Waals surface area contributed by atoms with E-state index in [0.29, 0.717) is 13.2 Å². The number of amides is 1. The summed E-state index contributed by atoms with van der Waals surface area (Å²) >= 11 is 0. The number of nitrogens with two attached hydrogens (primary N) is 1. The molecule has 0 spiro atoms. The van der Waals surface area contributed by atoms with Gasteiger partial charge >= 0.3 is 0 Å². The van der Waals surface area contributed by atoms with E-state index in [4.69, 9.17) is 15.2 Å². The van der Waals surface area contributed by atoms with E-state index >= 15 is 0 Å². The first-order valence-electron chi connectivity index (χ1n) is 8.54. The number of rotatable bonds is 8. The van der Waals surface area contributed by atoms with Crippen LogP contribution in [0, 0.1) is 0 Å². The molecule has 0 radical (unpaired) electrons. The summed E-state index contributed by atoms with van der Waals surface area (Å²) in [5.74, 6) is 0.861. The van der Waals surface area contributed by atoms with Gasteiger partial charge < -0.3 is 20.1 Å². The van der Waals surface area contributed by atoms with Crippen molar-refractivity contribution < 1.29 is 14.3 Å². The molecule has 0 unspecified atom stereocenters. The number of aryl methyl sites for hydroxylation is 1. The molecule has 1 aromatic carbocycles. The van der Waals surface area contributed by atoms with Crippen LogP contribution in [0.2, 0.25) is 0 Å². The van der Waals surface area contributed by atoms with E-state index in [1.54, 1.807) is 0 Å². The van der Waals surface area contributed by atoms with Crippen LogP contribution in [0.3, 0.4) is 0 Å². The van der Waals surface area contributed by atoms with Crippen molar-refractivity contribution in [1.29, 1.82) is 0 Å². The summed E-state index contributed by atoms with van der Waals surface area (Å²) in [6, 6.07) is 7.87. The molecule has 1 heterocycles. The second kappa shape index (κ2) is 9.53. The van der Waals surface area contributed by atoms with Crippen molar-refractivity contribution in [2.45, 2.75) is 38.7 Å². The number of likely N-dealkylation sites (tertiary alicyclic amines) is 1. The Kier molecular flexibility index (Phi) is 7.36. The topological polar surface area (TPSA) is 64.8 Å². The van der Waals surface area contributed by atoms with Crippen molar-refractivity contribution in [1.82, 2.24) is 4.90 Å². The molecule has 1 aliphatic heterocycles. The van der Waals surface area contributed by atoms with Gasteiger partial charge in [0.25, 0.3) is 5.91 Å². The van der Waals surface area contributed by atoms with Crippen LogP contribution in [0.15, 0.2) is 24.3 Å². The molecule has 2 N–H and O–H groups in total. The largest absolute Gasteiger partial charge is 0.483 e. The molecule has 1 amide bonds. The van der Waals surface area contributed by atoms with Gasteiger partial charge in [0.05, 0.1) is 6.10 Å². The summed E-state index contributed by atoms with van der Waals surface area (Å²) < 4.78 is 11.5. The number of nitrogens with zero attached hydrogens (tertiary/aromatic N) is 1. The Hall–Kier alpha value is -1.59. The Morgan fingerprint density at radius 2 is 2.04 bits per heavy atom. The highest BCUT2D eigenvalue weighted by atomic mass is 16.5. The number of ether oxygens (including phenoxy) is 2. The monoisotopic (exact) mass is 320 g/mol. The minimum absolute atomic E-state index is 0.0521. The molecule has 0 atom stereocenters. The second-order valence-electron chi connectivity index (χ2n) is 5.84. The third kappa shape index (κ3) is 5.52. The molecule has 5 heteroatoms. The molecule has 128 valence electrons. The van der Waals surface area contributed by atoms with E-state index in [2.05, 4.69) is 6.92 Å². The summed E-state index contributed by atoms with van der Waals surface area (Å²) in [5.41, 5.74) is 6.59. The Morgan fingerprint density at radius 1 is 1.30 bits per heavy atom. The van der Waals surface area contributed by atoms with Gasteiger partial charge in [-0.2, -0.15) is 0 Å².